The zero-order valence-electron chi connectivity index (χ0n) is 20.0. The van der Waals surface area contributed by atoms with Crippen LogP contribution in [0.4, 0.5) is 5.69 Å². The molecule has 1 saturated heterocycles. The number of likely N-dealkylation sites (tertiary alicyclic amines) is 1. The van der Waals surface area contributed by atoms with Gasteiger partial charge in [-0.25, -0.2) is 0 Å². The summed E-state index contributed by atoms with van der Waals surface area (Å²) in [5, 5.41) is 2.86. The monoisotopic (exact) mass is 518 g/mol. The van der Waals surface area contributed by atoms with Crippen molar-refractivity contribution >= 4 is 46.6 Å². The van der Waals surface area contributed by atoms with Crippen molar-refractivity contribution in [1.29, 1.82) is 0 Å². The van der Waals surface area contributed by atoms with Crippen molar-refractivity contribution in [3.05, 3.63) is 100 Å². The molecule has 4 aliphatic rings. The van der Waals surface area contributed by atoms with E-state index in [2.05, 4.69) is 5.32 Å². The van der Waals surface area contributed by atoms with Crippen LogP contribution in [0.2, 0.25) is 0 Å². The largest absolute Gasteiger partial charge is 0.324 e. The molecule has 3 amide bonds. The van der Waals surface area contributed by atoms with Crippen LogP contribution in [0.5, 0.6) is 0 Å². The van der Waals surface area contributed by atoms with Crippen LogP contribution in [0.25, 0.3) is 0 Å². The number of hydrogen-bond acceptors (Lipinski definition) is 3. The van der Waals surface area contributed by atoms with Gasteiger partial charge in [0.1, 0.15) is 15.8 Å². The van der Waals surface area contributed by atoms with Crippen molar-refractivity contribution in [2.24, 2.45) is 11.8 Å². The van der Waals surface area contributed by atoms with Gasteiger partial charge in [0, 0.05) is 5.69 Å². The molecule has 0 spiro atoms. The van der Waals surface area contributed by atoms with Crippen molar-refractivity contribution < 1.29 is 14.4 Å². The summed E-state index contributed by atoms with van der Waals surface area (Å²) in [5.74, 6) is -3.25. The fourth-order valence-electron chi connectivity index (χ4n) is 6.48. The number of halogens is 2. The van der Waals surface area contributed by atoms with Crippen LogP contribution in [0, 0.1) is 25.7 Å². The summed E-state index contributed by atoms with van der Waals surface area (Å²) in [7, 11) is 0. The molecule has 3 aliphatic carbocycles. The molecule has 0 aromatic heterocycles. The smallest absolute Gasteiger partial charge is 0.247 e. The highest BCUT2D eigenvalue weighted by Crippen LogP contribution is 2.69. The molecule has 1 heterocycles. The number of benzene rings is 3. The average Bonchev–Trinajstić information content (AvgIpc) is 3.12. The van der Waals surface area contributed by atoms with E-state index in [0.29, 0.717) is 5.69 Å². The van der Waals surface area contributed by atoms with Crippen molar-refractivity contribution in [2.45, 2.75) is 36.6 Å². The van der Waals surface area contributed by atoms with Gasteiger partial charge in [0.2, 0.25) is 17.7 Å². The van der Waals surface area contributed by atoms with Gasteiger partial charge >= 0.3 is 0 Å². The van der Waals surface area contributed by atoms with E-state index in [9.17, 15) is 14.4 Å². The third-order valence-electron chi connectivity index (χ3n) is 7.88. The lowest BCUT2D eigenvalue weighted by atomic mass is 9.54. The molecule has 7 heteroatoms. The molecule has 3 aromatic carbocycles. The van der Waals surface area contributed by atoms with Crippen molar-refractivity contribution in [2.75, 3.05) is 5.32 Å². The fourth-order valence-corrected chi connectivity index (χ4v) is 7.58. The number of carbonyl (C=O) groups excluding carboxylic acids is 3. The Morgan fingerprint density at radius 3 is 1.58 bits per heavy atom. The van der Waals surface area contributed by atoms with Crippen molar-refractivity contribution in [3.63, 3.8) is 0 Å². The molecule has 0 saturated carbocycles. The van der Waals surface area contributed by atoms with E-state index in [1.54, 1.807) is 6.92 Å². The minimum absolute atomic E-state index is 0.449. The third-order valence-corrected chi connectivity index (χ3v) is 9.16. The number of anilines is 1. The number of nitrogens with one attached hydrogen (secondary N) is 1. The first kappa shape index (κ1) is 23.3. The molecule has 182 valence electrons. The van der Waals surface area contributed by atoms with E-state index in [4.69, 9.17) is 23.2 Å². The third kappa shape index (κ3) is 2.81. The van der Waals surface area contributed by atoms with Crippen molar-refractivity contribution in [3.8, 4) is 0 Å². The molecule has 3 aromatic rings. The summed E-state index contributed by atoms with van der Waals surface area (Å²) in [5.41, 5.74) is 5.54. The highest BCUT2D eigenvalue weighted by atomic mass is 35.5. The number of imide groups is 1. The van der Waals surface area contributed by atoms with Crippen LogP contribution in [-0.4, -0.2) is 28.7 Å². The van der Waals surface area contributed by atoms with Gasteiger partial charge < -0.3 is 5.32 Å². The lowest BCUT2D eigenvalue weighted by Gasteiger charge is -2.54. The van der Waals surface area contributed by atoms with Crippen LogP contribution in [0.3, 0.4) is 0 Å². The second-order valence-electron chi connectivity index (χ2n) is 10.1. The van der Waals surface area contributed by atoms with E-state index in [-0.39, 0.29) is 0 Å². The Kier molecular flexibility index (Phi) is 4.96. The Balaban J connectivity index is 1.44. The number of alkyl halides is 2. The second kappa shape index (κ2) is 7.67. The Hall–Kier alpha value is -3.15. The van der Waals surface area contributed by atoms with Crippen LogP contribution >= 0.6 is 23.2 Å². The van der Waals surface area contributed by atoms with Crippen LogP contribution in [-0.2, 0) is 24.1 Å². The SMILES string of the molecule is Cc1cc(C)cc(NC(=O)[C@@H](C)N2C(=O)[C@@H]3[C@H](C2=O)C2(Cl)c4ccccc4C3(Cl)c3ccccc32)c1. The molecule has 7 rings (SSSR count). The number of rotatable bonds is 3. The quantitative estimate of drug-likeness (QED) is 0.381. The molecular weight excluding hydrogens is 495 g/mol. The van der Waals surface area contributed by atoms with E-state index in [0.717, 1.165) is 38.3 Å². The van der Waals surface area contributed by atoms with Crippen LogP contribution < -0.4 is 5.32 Å². The number of hydrogen-bond donors (Lipinski definition) is 1. The predicted octanol–water partition coefficient (Wildman–Crippen LogP) is 5.22. The molecule has 1 N–H and O–H groups in total. The highest BCUT2D eigenvalue weighted by molar-refractivity contribution is 6.36. The van der Waals surface area contributed by atoms with Gasteiger partial charge in [-0.1, -0.05) is 54.6 Å². The maximum absolute atomic E-state index is 14.0. The zero-order chi connectivity index (χ0) is 25.6. The van der Waals surface area contributed by atoms with Gasteiger partial charge in [-0.15, -0.1) is 23.2 Å². The zero-order valence-corrected chi connectivity index (χ0v) is 21.5. The van der Waals surface area contributed by atoms with Gasteiger partial charge in [-0.2, -0.15) is 0 Å². The van der Waals surface area contributed by atoms with E-state index in [1.807, 2.05) is 80.6 Å². The maximum atomic E-state index is 14.0. The minimum Gasteiger partial charge on any atom is -0.324 e. The summed E-state index contributed by atoms with van der Waals surface area (Å²) in [6.45, 7) is 5.44. The average molecular weight is 519 g/mol. The molecule has 3 atom stereocenters. The number of amides is 3. The van der Waals surface area contributed by atoms with E-state index >= 15 is 0 Å². The summed E-state index contributed by atoms with van der Waals surface area (Å²) < 4.78 is 0. The Bertz CT molecular complexity index is 1340. The van der Waals surface area contributed by atoms with E-state index < -0.39 is 45.3 Å². The number of nitrogens with zero attached hydrogens (tertiary/aromatic N) is 1. The Morgan fingerprint density at radius 2 is 1.19 bits per heavy atom. The Labute approximate surface area is 219 Å². The van der Waals surface area contributed by atoms with Gasteiger partial charge in [0.15, 0.2) is 0 Å². The first-order valence-electron chi connectivity index (χ1n) is 11.9. The number of carbonyl (C=O) groups is 3. The predicted molar refractivity (Wildman–Crippen MR) is 139 cm³/mol. The molecule has 36 heavy (non-hydrogen) atoms. The van der Waals surface area contributed by atoms with Crippen LogP contribution in [0.15, 0.2) is 66.7 Å². The molecule has 1 fully saturated rings. The summed E-state index contributed by atoms with van der Waals surface area (Å²) in [4.78, 5) is 39.8. The molecule has 1 aliphatic heterocycles. The molecule has 2 bridgehead atoms. The standard InChI is InChI=1S/C29H24Cl2N2O3/c1-15-12-16(2)14-18(13-15)32-25(34)17(3)33-26(35)23-24(27(33)36)29(31)20-9-5-4-8-19(20)28(23,30)21-10-6-7-11-22(21)29/h4-14,17,23-24H,1-3H3,(H,32,34)/t17-,23-,24+,28?,29?/m1/s1. The molecular formula is C29H24Cl2N2O3. The minimum atomic E-state index is -1.26. The van der Waals surface area contributed by atoms with Gasteiger partial charge in [-0.3, -0.25) is 19.3 Å². The normalized spacial score (nSPS) is 28.4. The molecule has 0 unspecified atom stereocenters. The lowest BCUT2D eigenvalue weighted by molar-refractivity contribution is -0.146. The first-order valence-corrected chi connectivity index (χ1v) is 12.7. The first-order chi connectivity index (χ1) is 17.1. The molecule has 5 nitrogen and oxygen atoms in total. The lowest BCUT2D eigenvalue weighted by Crippen LogP contribution is -2.57. The fraction of sp³-hybridized carbons (Fsp3) is 0.276. The van der Waals surface area contributed by atoms with Crippen LogP contribution in [0.1, 0.15) is 40.3 Å². The van der Waals surface area contributed by atoms with Gasteiger partial charge in [-0.05, 0) is 66.3 Å². The van der Waals surface area contributed by atoms with Crippen molar-refractivity contribution in [1.82, 2.24) is 4.90 Å². The second-order valence-corrected chi connectivity index (χ2v) is 11.3. The number of aryl methyl sites for hydroxylation is 2. The summed E-state index contributed by atoms with van der Waals surface area (Å²) in [6, 6.07) is 19.6. The van der Waals surface area contributed by atoms with Gasteiger partial charge in [0.25, 0.3) is 0 Å². The maximum Gasteiger partial charge on any atom is 0.247 e. The van der Waals surface area contributed by atoms with Gasteiger partial charge in [0.05, 0.1) is 11.8 Å². The summed E-state index contributed by atoms with van der Waals surface area (Å²) >= 11 is 14.9. The van der Waals surface area contributed by atoms with E-state index in [1.165, 1.54) is 0 Å². The topological polar surface area (TPSA) is 66.5 Å². The summed E-state index contributed by atoms with van der Waals surface area (Å²) in [6.07, 6.45) is 0. The Morgan fingerprint density at radius 1 is 0.806 bits per heavy atom. The molecule has 0 radical (unpaired) electrons. The highest BCUT2D eigenvalue weighted by Gasteiger charge is 2.73.